The van der Waals surface area contributed by atoms with Crippen LogP contribution in [-0.4, -0.2) is 23.5 Å². The molecule has 0 bridgehead atoms. The third kappa shape index (κ3) is 4.20. The molecule has 1 amide bonds. The van der Waals surface area contributed by atoms with E-state index in [1.807, 2.05) is 6.07 Å². The zero-order valence-corrected chi connectivity index (χ0v) is 12.3. The number of benzene rings is 1. The maximum atomic E-state index is 11.8. The summed E-state index contributed by atoms with van der Waals surface area (Å²) in [7, 11) is 0. The molecule has 0 aliphatic carbocycles. The Morgan fingerprint density at radius 3 is 2.73 bits per heavy atom. The van der Waals surface area contributed by atoms with Crippen molar-refractivity contribution >= 4 is 29.3 Å². The fourth-order valence-electron chi connectivity index (χ4n) is 1.69. The smallest absolute Gasteiger partial charge is 0.342 e. The van der Waals surface area contributed by atoms with Crippen LogP contribution in [0, 0.1) is 0 Å². The number of carbonyl (C=O) groups excluding carboxylic acids is 2. The fraction of sp³-hybridized carbons (Fsp3) is 0.133. The highest BCUT2D eigenvalue weighted by Crippen LogP contribution is 2.14. The van der Waals surface area contributed by atoms with Gasteiger partial charge < -0.3 is 15.8 Å². The molecule has 114 valence electrons. The van der Waals surface area contributed by atoms with Gasteiger partial charge in [-0.25, -0.2) is 9.78 Å². The summed E-state index contributed by atoms with van der Waals surface area (Å²) in [6, 6.07) is 10.2. The van der Waals surface area contributed by atoms with Crippen LogP contribution in [0.2, 0.25) is 5.02 Å². The number of ether oxygens (including phenoxy) is 1. The van der Waals surface area contributed by atoms with Gasteiger partial charge in [-0.3, -0.25) is 4.79 Å². The number of hydrogen-bond acceptors (Lipinski definition) is 5. The molecule has 1 aromatic carbocycles. The molecule has 3 N–H and O–H groups in total. The first-order valence-corrected chi connectivity index (χ1v) is 6.83. The van der Waals surface area contributed by atoms with E-state index in [9.17, 15) is 9.59 Å². The maximum absolute atomic E-state index is 11.8. The average Bonchev–Trinajstić information content (AvgIpc) is 2.52. The number of pyridine rings is 1. The van der Waals surface area contributed by atoms with Crippen molar-refractivity contribution in [2.24, 2.45) is 0 Å². The van der Waals surface area contributed by atoms with E-state index in [0.29, 0.717) is 5.02 Å². The van der Waals surface area contributed by atoms with Gasteiger partial charge in [0.2, 0.25) is 0 Å². The lowest BCUT2D eigenvalue weighted by Crippen LogP contribution is -2.28. The maximum Gasteiger partial charge on any atom is 0.342 e. The number of hydrogen-bond donors (Lipinski definition) is 2. The summed E-state index contributed by atoms with van der Waals surface area (Å²) in [4.78, 5) is 27.2. The van der Waals surface area contributed by atoms with Crippen LogP contribution in [0.15, 0.2) is 42.6 Å². The van der Waals surface area contributed by atoms with Crippen molar-refractivity contribution in [1.82, 2.24) is 10.3 Å². The predicted octanol–water partition coefficient (Wildman–Crippen LogP) is 1.79. The SMILES string of the molecule is Nc1ncccc1C(=O)OCC(=O)NCc1ccccc1Cl. The molecule has 1 heterocycles. The Morgan fingerprint density at radius 1 is 1.23 bits per heavy atom. The van der Waals surface area contributed by atoms with Crippen LogP contribution in [0.3, 0.4) is 0 Å². The molecule has 0 unspecified atom stereocenters. The normalized spacial score (nSPS) is 10.0. The van der Waals surface area contributed by atoms with Crippen molar-refractivity contribution in [3.63, 3.8) is 0 Å². The summed E-state index contributed by atoms with van der Waals surface area (Å²) < 4.78 is 4.89. The molecular formula is C15H14ClN3O3. The number of rotatable bonds is 5. The zero-order chi connectivity index (χ0) is 15.9. The molecule has 2 rings (SSSR count). The van der Waals surface area contributed by atoms with E-state index >= 15 is 0 Å². The lowest BCUT2D eigenvalue weighted by Gasteiger charge is -2.08. The molecule has 0 aliphatic heterocycles. The van der Waals surface area contributed by atoms with Crippen LogP contribution < -0.4 is 11.1 Å². The van der Waals surface area contributed by atoms with E-state index in [1.54, 1.807) is 24.3 Å². The second kappa shape index (κ2) is 7.42. The molecule has 1 aromatic heterocycles. The standard InChI is InChI=1S/C15H14ClN3O3/c16-12-6-2-1-4-10(12)8-19-13(20)9-22-15(21)11-5-3-7-18-14(11)17/h1-7H,8-9H2,(H2,17,18)(H,19,20). The van der Waals surface area contributed by atoms with Crippen molar-refractivity contribution in [3.8, 4) is 0 Å². The lowest BCUT2D eigenvalue weighted by molar-refractivity contribution is -0.124. The number of nitrogen functional groups attached to an aromatic ring is 1. The van der Waals surface area contributed by atoms with Gasteiger partial charge in [0.1, 0.15) is 11.4 Å². The van der Waals surface area contributed by atoms with Crippen molar-refractivity contribution < 1.29 is 14.3 Å². The molecule has 2 aromatic rings. The van der Waals surface area contributed by atoms with Crippen LogP contribution >= 0.6 is 11.6 Å². The first-order chi connectivity index (χ1) is 10.6. The molecule has 0 saturated heterocycles. The molecule has 0 radical (unpaired) electrons. The fourth-order valence-corrected chi connectivity index (χ4v) is 1.89. The second-order valence-corrected chi connectivity index (χ2v) is 4.79. The van der Waals surface area contributed by atoms with E-state index in [0.717, 1.165) is 5.56 Å². The Balaban J connectivity index is 1.82. The third-order valence-electron chi connectivity index (χ3n) is 2.83. The van der Waals surface area contributed by atoms with E-state index in [2.05, 4.69) is 10.3 Å². The summed E-state index contributed by atoms with van der Waals surface area (Å²) in [5.74, 6) is -1.07. The van der Waals surface area contributed by atoms with Gasteiger partial charge in [-0.2, -0.15) is 0 Å². The van der Waals surface area contributed by atoms with Crippen LogP contribution in [0.4, 0.5) is 5.82 Å². The van der Waals surface area contributed by atoms with Crippen molar-refractivity contribution in [2.45, 2.75) is 6.54 Å². The molecular weight excluding hydrogens is 306 g/mol. The van der Waals surface area contributed by atoms with Gasteiger partial charge in [-0.1, -0.05) is 29.8 Å². The first kappa shape index (κ1) is 15.8. The van der Waals surface area contributed by atoms with Gasteiger partial charge in [0.25, 0.3) is 5.91 Å². The van der Waals surface area contributed by atoms with Gasteiger partial charge in [0, 0.05) is 17.8 Å². The molecule has 0 atom stereocenters. The highest BCUT2D eigenvalue weighted by Gasteiger charge is 2.13. The molecule has 6 nitrogen and oxygen atoms in total. The molecule has 22 heavy (non-hydrogen) atoms. The Morgan fingerprint density at radius 2 is 2.00 bits per heavy atom. The number of anilines is 1. The molecule has 0 spiro atoms. The number of esters is 1. The Kier molecular flexibility index (Phi) is 5.32. The number of nitrogens with zero attached hydrogens (tertiary/aromatic N) is 1. The molecule has 7 heteroatoms. The zero-order valence-electron chi connectivity index (χ0n) is 11.6. The number of nitrogens with two attached hydrogens (primary N) is 1. The molecule has 0 fully saturated rings. The minimum atomic E-state index is -0.696. The second-order valence-electron chi connectivity index (χ2n) is 4.38. The summed E-state index contributed by atoms with van der Waals surface area (Å²) in [5.41, 5.74) is 6.46. The van der Waals surface area contributed by atoms with E-state index in [-0.39, 0.29) is 17.9 Å². The summed E-state index contributed by atoms with van der Waals surface area (Å²) in [6.07, 6.45) is 1.46. The molecule has 0 saturated carbocycles. The highest BCUT2D eigenvalue weighted by atomic mass is 35.5. The summed E-state index contributed by atoms with van der Waals surface area (Å²) >= 11 is 5.98. The topological polar surface area (TPSA) is 94.3 Å². The van der Waals surface area contributed by atoms with Gasteiger partial charge >= 0.3 is 5.97 Å². The van der Waals surface area contributed by atoms with E-state index < -0.39 is 18.5 Å². The minimum absolute atomic E-state index is 0.0592. The van der Waals surface area contributed by atoms with Gasteiger partial charge in [-0.05, 0) is 23.8 Å². The Labute approximate surface area is 132 Å². The summed E-state index contributed by atoms with van der Waals surface area (Å²) in [5, 5.41) is 3.17. The number of nitrogens with one attached hydrogen (secondary N) is 1. The number of aromatic nitrogens is 1. The van der Waals surface area contributed by atoms with Gasteiger partial charge in [0.05, 0.1) is 0 Å². The Bertz CT molecular complexity index is 691. The number of halogens is 1. The molecule has 0 aliphatic rings. The minimum Gasteiger partial charge on any atom is -0.452 e. The largest absolute Gasteiger partial charge is 0.452 e. The highest BCUT2D eigenvalue weighted by molar-refractivity contribution is 6.31. The van der Waals surface area contributed by atoms with Gasteiger partial charge in [-0.15, -0.1) is 0 Å². The first-order valence-electron chi connectivity index (χ1n) is 6.45. The van der Waals surface area contributed by atoms with Crippen molar-refractivity contribution in [1.29, 1.82) is 0 Å². The Hall–Kier alpha value is -2.60. The summed E-state index contributed by atoms with van der Waals surface area (Å²) in [6.45, 7) is -0.150. The van der Waals surface area contributed by atoms with E-state index in [1.165, 1.54) is 12.3 Å². The quantitative estimate of drug-likeness (QED) is 0.819. The number of amides is 1. The van der Waals surface area contributed by atoms with Crippen LogP contribution in [0.1, 0.15) is 15.9 Å². The van der Waals surface area contributed by atoms with Gasteiger partial charge in [0.15, 0.2) is 6.61 Å². The third-order valence-corrected chi connectivity index (χ3v) is 3.20. The lowest BCUT2D eigenvalue weighted by atomic mass is 10.2. The average molecular weight is 320 g/mol. The van der Waals surface area contributed by atoms with Crippen LogP contribution in [-0.2, 0) is 16.1 Å². The van der Waals surface area contributed by atoms with Crippen molar-refractivity contribution in [2.75, 3.05) is 12.3 Å². The van der Waals surface area contributed by atoms with Crippen LogP contribution in [0.5, 0.6) is 0 Å². The van der Waals surface area contributed by atoms with Crippen LogP contribution in [0.25, 0.3) is 0 Å². The van der Waals surface area contributed by atoms with E-state index in [4.69, 9.17) is 22.1 Å². The van der Waals surface area contributed by atoms with Crippen molar-refractivity contribution in [3.05, 3.63) is 58.7 Å². The monoisotopic (exact) mass is 319 g/mol. The number of carbonyl (C=O) groups is 2. The predicted molar refractivity (Wildman–Crippen MR) is 82.2 cm³/mol.